The number of hydrogen-bond acceptors (Lipinski definition) is 5. The van der Waals surface area contributed by atoms with E-state index in [-0.39, 0.29) is 13.1 Å². The molecule has 158 valence electrons. The molecule has 0 aliphatic rings. The maximum atomic E-state index is 13.2. The molecule has 29 heavy (non-hydrogen) atoms. The Labute approximate surface area is 166 Å². The van der Waals surface area contributed by atoms with Crippen molar-refractivity contribution >= 4 is 5.91 Å². The zero-order valence-electron chi connectivity index (χ0n) is 16.5. The van der Waals surface area contributed by atoms with Gasteiger partial charge in [0.05, 0.1) is 28.4 Å². The highest BCUT2D eigenvalue weighted by Crippen LogP contribution is 2.31. The molecule has 2 rings (SSSR count). The number of benzene rings is 2. The molecule has 0 saturated heterocycles. The smallest absolute Gasteiger partial charge is 0.471 e. The predicted octanol–water partition coefficient (Wildman–Crippen LogP) is 3.81. The zero-order valence-corrected chi connectivity index (χ0v) is 16.5. The van der Waals surface area contributed by atoms with E-state index in [9.17, 15) is 18.0 Å². The van der Waals surface area contributed by atoms with Crippen molar-refractivity contribution in [3.8, 4) is 23.0 Å². The fourth-order valence-corrected chi connectivity index (χ4v) is 2.78. The SMILES string of the molecule is COc1ccc(CN(Cc2ccc(OC)c(OC)c2)C(=O)C(F)(F)F)cc1OC. The largest absolute Gasteiger partial charge is 0.493 e. The minimum absolute atomic E-state index is 0.271. The van der Waals surface area contributed by atoms with Gasteiger partial charge in [-0.05, 0) is 35.4 Å². The van der Waals surface area contributed by atoms with Crippen LogP contribution in [-0.2, 0) is 17.9 Å². The lowest BCUT2D eigenvalue weighted by molar-refractivity contribution is -0.186. The standard InChI is InChI=1S/C20H22F3NO5/c1-26-15-7-5-13(9-17(15)28-3)11-24(19(25)20(21,22)23)12-14-6-8-16(27-2)18(10-14)29-4/h5-10H,11-12H2,1-4H3. The average Bonchev–Trinajstić information content (AvgIpc) is 2.71. The first kappa shape index (κ1) is 22.2. The number of carbonyl (C=O) groups is 1. The average molecular weight is 413 g/mol. The molecule has 0 aliphatic carbocycles. The highest BCUT2D eigenvalue weighted by molar-refractivity contribution is 5.81. The van der Waals surface area contributed by atoms with Crippen molar-refractivity contribution in [2.75, 3.05) is 28.4 Å². The summed E-state index contributed by atoms with van der Waals surface area (Å²) in [5.41, 5.74) is 0.918. The van der Waals surface area contributed by atoms with Crippen LogP contribution in [0.5, 0.6) is 23.0 Å². The van der Waals surface area contributed by atoms with Crippen LogP contribution in [0.25, 0.3) is 0 Å². The quantitative estimate of drug-likeness (QED) is 0.659. The van der Waals surface area contributed by atoms with Gasteiger partial charge in [0.1, 0.15) is 0 Å². The first-order chi connectivity index (χ1) is 13.7. The molecule has 2 aromatic carbocycles. The van der Waals surface area contributed by atoms with Gasteiger partial charge in [-0.3, -0.25) is 4.79 Å². The number of nitrogens with zero attached hydrogens (tertiary/aromatic N) is 1. The van der Waals surface area contributed by atoms with Gasteiger partial charge in [-0.15, -0.1) is 0 Å². The molecule has 0 unspecified atom stereocenters. The van der Waals surface area contributed by atoms with Crippen LogP contribution in [0.1, 0.15) is 11.1 Å². The van der Waals surface area contributed by atoms with Crippen molar-refractivity contribution in [2.45, 2.75) is 19.3 Å². The lowest BCUT2D eigenvalue weighted by Gasteiger charge is -2.25. The Bertz CT molecular complexity index is 797. The minimum Gasteiger partial charge on any atom is -0.493 e. The summed E-state index contributed by atoms with van der Waals surface area (Å²) in [7, 11) is 5.75. The van der Waals surface area contributed by atoms with Crippen molar-refractivity contribution in [3.05, 3.63) is 47.5 Å². The summed E-state index contributed by atoms with van der Waals surface area (Å²) < 4.78 is 60.1. The molecule has 0 saturated carbocycles. The Morgan fingerprint density at radius 2 is 1.14 bits per heavy atom. The second-order valence-electron chi connectivity index (χ2n) is 6.04. The monoisotopic (exact) mass is 413 g/mol. The van der Waals surface area contributed by atoms with Gasteiger partial charge in [-0.2, -0.15) is 13.2 Å². The number of carbonyl (C=O) groups excluding carboxylic acids is 1. The van der Waals surface area contributed by atoms with Crippen molar-refractivity contribution < 1.29 is 36.9 Å². The first-order valence-corrected chi connectivity index (χ1v) is 8.51. The number of ether oxygens (including phenoxy) is 4. The molecule has 0 bridgehead atoms. The molecule has 0 radical (unpaired) electrons. The number of hydrogen-bond donors (Lipinski definition) is 0. The van der Waals surface area contributed by atoms with E-state index in [4.69, 9.17) is 18.9 Å². The van der Waals surface area contributed by atoms with Crippen LogP contribution in [0, 0.1) is 0 Å². The van der Waals surface area contributed by atoms with Gasteiger partial charge in [0.25, 0.3) is 0 Å². The Kier molecular flexibility index (Phi) is 7.19. The summed E-state index contributed by atoms with van der Waals surface area (Å²) in [6.07, 6.45) is -5.01. The highest BCUT2D eigenvalue weighted by Gasteiger charge is 2.42. The van der Waals surface area contributed by atoms with Gasteiger partial charge in [-0.25, -0.2) is 0 Å². The van der Waals surface area contributed by atoms with Gasteiger partial charge in [-0.1, -0.05) is 12.1 Å². The fourth-order valence-electron chi connectivity index (χ4n) is 2.78. The molecule has 6 nitrogen and oxygen atoms in total. The van der Waals surface area contributed by atoms with Crippen LogP contribution in [-0.4, -0.2) is 45.4 Å². The Balaban J connectivity index is 2.34. The Morgan fingerprint density at radius 1 is 0.759 bits per heavy atom. The van der Waals surface area contributed by atoms with E-state index in [1.54, 1.807) is 24.3 Å². The Hall–Kier alpha value is -3.10. The van der Waals surface area contributed by atoms with Crippen LogP contribution >= 0.6 is 0 Å². The summed E-state index contributed by atoms with van der Waals surface area (Å²) in [5, 5.41) is 0. The van der Waals surface area contributed by atoms with Crippen LogP contribution < -0.4 is 18.9 Å². The molecule has 9 heteroatoms. The summed E-state index contributed by atoms with van der Waals surface area (Å²) >= 11 is 0. The van der Waals surface area contributed by atoms with Gasteiger partial charge in [0, 0.05) is 13.1 Å². The van der Waals surface area contributed by atoms with Crippen molar-refractivity contribution in [1.29, 1.82) is 0 Å². The Morgan fingerprint density at radius 3 is 1.45 bits per heavy atom. The van der Waals surface area contributed by atoms with Crippen molar-refractivity contribution in [3.63, 3.8) is 0 Å². The van der Waals surface area contributed by atoms with Crippen LogP contribution in [0.4, 0.5) is 13.2 Å². The van der Waals surface area contributed by atoms with E-state index >= 15 is 0 Å². The molecule has 2 aromatic rings. The second kappa shape index (κ2) is 9.40. The fraction of sp³-hybridized carbons (Fsp3) is 0.350. The number of rotatable bonds is 8. The van der Waals surface area contributed by atoms with E-state index in [2.05, 4.69) is 0 Å². The van der Waals surface area contributed by atoms with E-state index in [1.165, 1.54) is 40.6 Å². The van der Waals surface area contributed by atoms with Gasteiger partial charge in [0.2, 0.25) is 0 Å². The van der Waals surface area contributed by atoms with Crippen molar-refractivity contribution in [1.82, 2.24) is 4.90 Å². The second-order valence-corrected chi connectivity index (χ2v) is 6.04. The van der Waals surface area contributed by atoms with Crippen LogP contribution in [0.2, 0.25) is 0 Å². The molecule has 0 atom stereocenters. The molecule has 0 N–H and O–H groups in total. The number of methoxy groups -OCH3 is 4. The van der Waals surface area contributed by atoms with E-state index in [0.717, 1.165) is 0 Å². The lowest BCUT2D eigenvalue weighted by Crippen LogP contribution is -2.40. The third-order valence-electron chi connectivity index (χ3n) is 4.17. The van der Waals surface area contributed by atoms with Crippen LogP contribution in [0.3, 0.4) is 0 Å². The molecular formula is C20H22F3NO5. The molecule has 0 spiro atoms. The van der Waals surface area contributed by atoms with E-state index in [1.807, 2.05) is 0 Å². The van der Waals surface area contributed by atoms with Gasteiger partial charge < -0.3 is 23.8 Å². The lowest BCUT2D eigenvalue weighted by atomic mass is 10.1. The van der Waals surface area contributed by atoms with Crippen molar-refractivity contribution in [2.24, 2.45) is 0 Å². The number of alkyl halides is 3. The third kappa shape index (κ3) is 5.46. The van der Waals surface area contributed by atoms with E-state index in [0.29, 0.717) is 39.0 Å². The number of amides is 1. The van der Waals surface area contributed by atoms with Gasteiger partial charge in [0.15, 0.2) is 23.0 Å². The molecular weight excluding hydrogens is 391 g/mol. The van der Waals surface area contributed by atoms with Crippen LogP contribution in [0.15, 0.2) is 36.4 Å². The number of halogens is 3. The molecule has 1 amide bonds. The predicted molar refractivity (Wildman–Crippen MR) is 99.4 cm³/mol. The molecule has 0 heterocycles. The summed E-state index contributed by atoms with van der Waals surface area (Å²) in [6, 6.07) is 9.36. The van der Waals surface area contributed by atoms with E-state index < -0.39 is 12.1 Å². The first-order valence-electron chi connectivity index (χ1n) is 8.51. The third-order valence-corrected chi connectivity index (χ3v) is 4.17. The maximum absolute atomic E-state index is 13.2. The summed E-state index contributed by atoms with van der Waals surface area (Å²) in [6.45, 7) is -0.542. The maximum Gasteiger partial charge on any atom is 0.471 e. The summed E-state index contributed by atoms with van der Waals surface area (Å²) in [4.78, 5) is 12.7. The molecule has 0 aliphatic heterocycles. The topological polar surface area (TPSA) is 57.2 Å². The minimum atomic E-state index is -5.01. The highest BCUT2D eigenvalue weighted by atomic mass is 19.4. The summed E-state index contributed by atoms with van der Waals surface area (Å²) in [5.74, 6) is -0.359. The normalized spacial score (nSPS) is 11.0. The zero-order chi connectivity index (χ0) is 21.6. The molecule has 0 fully saturated rings. The molecule has 0 aromatic heterocycles. The van der Waals surface area contributed by atoms with Gasteiger partial charge >= 0.3 is 12.1 Å².